The Kier molecular flexibility index (Phi) is 7.94. The number of hydrogen-bond acceptors (Lipinski definition) is 6. The van der Waals surface area contributed by atoms with Crippen LogP contribution in [0.15, 0.2) is 72.7 Å². The summed E-state index contributed by atoms with van der Waals surface area (Å²) < 4.78 is 13.4. The van der Waals surface area contributed by atoms with Crippen LogP contribution in [0.1, 0.15) is 12.0 Å². The Morgan fingerprint density at radius 3 is 2.81 bits per heavy atom. The van der Waals surface area contributed by atoms with Gasteiger partial charge in [0.2, 0.25) is 5.91 Å². The normalized spacial score (nSPS) is 16.4. The van der Waals surface area contributed by atoms with E-state index in [2.05, 4.69) is 28.3 Å². The highest BCUT2D eigenvalue weighted by molar-refractivity contribution is 8.02. The van der Waals surface area contributed by atoms with Crippen molar-refractivity contribution in [3.8, 4) is 11.4 Å². The molecular formula is C24H26N4O3S. The zero-order valence-electron chi connectivity index (χ0n) is 17.7. The lowest BCUT2D eigenvalue weighted by molar-refractivity contribution is -0.139. The van der Waals surface area contributed by atoms with Crippen molar-refractivity contribution in [2.24, 2.45) is 0 Å². The molecule has 0 radical (unpaired) electrons. The summed E-state index contributed by atoms with van der Waals surface area (Å²) in [6, 6.07) is 17.8. The molecule has 0 aliphatic carbocycles. The molecule has 4 rings (SSSR count). The fraction of sp³-hybridized carbons (Fsp3) is 0.292. The Hall–Kier alpha value is -3.10. The zero-order chi connectivity index (χ0) is 22.0. The maximum absolute atomic E-state index is 12.6. The average Bonchev–Trinajstić information content (AvgIpc) is 3.39. The molecule has 1 amide bonds. The molecule has 32 heavy (non-hydrogen) atoms. The van der Waals surface area contributed by atoms with Crippen LogP contribution < -0.4 is 4.74 Å². The third-order valence-corrected chi connectivity index (χ3v) is 5.81. The largest absolute Gasteiger partial charge is 0.491 e. The molecule has 7 nitrogen and oxygen atoms in total. The van der Waals surface area contributed by atoms with Gasteiger partial charge in [0.25, 0.3) is 0 Å². The maximum atomic E-state index is 12.6. The van der Waals surface area contributed by atoms with Gasteiger partial charge in [-0.05, 0) is 41.3 Å². The topological polar surface area (TPSA) is 69.5 Å². The van der Waals surface area contributed by atoms with E-state index >= 15 is 0 Å². The van der Waals surface area contributed by atoms with Gasteiger partial charge in [0.15, 0.2) is 0 Å². The van der Waals surface area contributed by atoms with E-state index in [0.29, 0.717) is 32.7 Å². The molecule has 2 aromatic carbocycles. The zero-order valence-corrected chi connectivity index (χ0v) is 18.6. The van der Waals surface area contributed by atoms with E-state index < -0.39 is 0 Å². The van der Waals surface area contributed by atoms with E-state index in [1.807, 2.05) is 52.8 Å². The van der Waals surface area contributed by atoms with Crippen molar-refractivity contribution in [2.75, 3.05) is 32.1 Å². The molecule has 0 spiro atoms. The molecule has 1 saturated heterocycles. The monoisotopic (exact) mass is 450 g/mol. The summed E-state index contributed by atoms with van der Waals surface area (Å²) in [4.78, 5) is 18.4. The lowest BCUT2D eigenvalue weighted by Gasteiger charge is -2.33. The molecule has 1 aliphatic heterocycles. The van der Waals surface area contributed by atoms with Crippen LogP contribution in [-0.2, 0) is 9.53 Å². The standard InChI is InChI=1S/C24H26N4O3S/c29-24(11-15-32-14-10-20-4-2-1-3-5-20)27-12-13-30-23(16-27)17-31-22-8-6-21(7-9-22)28-19-25-18-26-28/h1-10,14,18-19,23H,11-13,15-17H2. The van der Waals surface area contributed by atoms with Crippen LogP contribution in [0.25, 0.3) is 11.8 Å². The first kappa shape index (κ1) is 22.1. The Labute approximate surface area is 192 Å². The summed E-state index contributed by atoms with van der Waals surface area (Å²) in [6.45, 7) is 2.12. The lowest BCUT2D eigenvalue weighted by atomic mass is 10.2. The first-order valence-electron chi connectivity index (χ1n) is 10.6. The van der Waals surface area contributed by atoms with Gasteiger partial charge in [-0.1, -0.05) is 30.3 Å². The molecule has 1 aliphatic rings. The number of nitrogens with zero attached hydrogens (tertiary/aromatic N) is 4. The number of carbonyl (C=O) groups excluding carboxylic acids is 1. The molecular weight excluding hydrogens is 424 g/mol. The van der Waals surface area contributed by atoms with Crippen LogP contribution in [0.2, 0.25) is 0 Å². The molecule has 166 valence electrons. The summed E-state index contributed by atoms with van der Waals surface area (Å²) in [5, 5.41) is 6.16. The number of amides is 1. The van der Waals surface area contributed by atoms with Crippen LogP contribution in [0, 0.1) is 0 Å². The summed E-state index contributed by atoms with van der Waals surface area (Å²) in [6.07, 6.45) is 5.60. The van der Waals surface area contributed by atoms with Gasteiger partial charge in [0.1, 0.15) is 31.1 Å². The quantitative estimate of drug-likeness (QED) is 0.464. The van der Waals surface area contributed by atoms with Crippen molar-refractivity contribution in [2.45, 2.75) is 12.5 Å². The number of rotatable bonds is 9. The second-order valence-electron chi connectivity index (χ2n) is 7.31. The Bertz CT molecular complexity index is 994. The van der Waals surface area contributed by atoms with E-state index in [0.717, 1.165) is 22.8 Å². The Morgan fingerprint density at radius 1 is 1.19 bits per heavy atom. The molecule has 1 aromatic heterocycles. The van der Waals surface area contributed by atoms with Gasteiger partial charge >= 0.3 is 0 Å². The van der Waals surface area contributed by atoms with Gasteiger partial charge in [-0.2, -0.15) is 5.10 Å². The fourth-order valence-corrected chi connectivity index (χ4v) is 4.02. The average molecular weight is 451 g/mol. The van der Waals surface area contributed by atoms with Crippen molar-refractivity contribution < 1.29 is 14.3 Å². The number of benzene rings is 2. The highest BCUT2D eigenvalue weighted by Crippen LogP contribution is 2.17. The van der Waals surface area contributed by atoms with Gasteiger partial charge in [0.05, 0.1) is 18.8 Å². The minimum absolute atomic E-state index is 0.131. The summed E-state index contributed by atoms with van der Waals surface area (Å²) in [5.74, 6) is 1.68. The third kappa shape index (κ3) is 6.45. The second-order valence-corrected chi connectivity index (χ2v) is 8.33. The molecule has 2 heterocycles. The highest BCUT2D eigenvalue weighted by atomic mass is 32.2. The number of aromatic nitrogens is 3. The van der Waals surface area contributed by atoms with Gasteiger partial charge < -0.3 is 14.4 Å². The van der Waals surface area contributed by atoms with Crippen molar-refractivity contribution in [1.82, 2.24) is 19.7 Å². The van der Waals surface area contributed by atoms with Gasteiger partial charge in [-0.3, -0.25) is 4.79 Å². The predicted molar refractivity (Wildman–Crippen MR) is 126 cm³/mol. The van der Waals surface area contributed by atoms with Crippen LogP contribution in [0.3, 0.4) is 0 Å². The van der Waals surface area contributed by atoms with E-state index in [1.54, 1.807) is 22.8 Å². The van der Waals surface area contributed by atoms with E-state index in [9.17, 15) is 4.79 Å². The molecule has 8 heteroatoms. The van der Waals surface area contributed by atoms with Crippen LogP contribution in [0.4, 0.5) is 0 Å². The number of ether oxygens (including phenoxy) is 2. The number of carbonyl (C=O) groups is 1. The first-order valence-corrected chi connectivity index (χ1v) is 11.6. The lowest BCUT2D eigenvalue weighted by Crippen LogP contribution is -2.47. The second kappa shape index (κ2) is 11.5. The Balaban J connectivity index is 1.17. The molecule has 1 atom stereocenters. The van der Waals surface area contributed by atoms with E-state index in [1.165, 1.54) is 6.33 Å². The highest BCUT2D eigenvalue weighted by Gasteiger charge is 2.24. The third-order valence-electron chi connectivity index (χ3n) is 5.04. The SMILES string of the molecule is O=C(CCSC=Cc1ccccc1)N1CCOC(COc2ccc(-n3cncn3)cc2)C1. The molecule has 1 fully saturated rings. The molecule has 0 saturated carbocycles. The van der Waals surface area contributed by atoms with Gasteiger partial charge in [-0.25, -0.2) is 9.67 Å². The fourth-order valence-electron chi connectivity index (χ4n) is 3.34. The summed E-state index contributed by atoms with van der Waals surface area (Å²) in [7, 11) is 0. The van der Waals surface area contributed by atoms with Crippen molar-refractivity contribution >= 4 is 23.7 Å². The van der Waals surface area contributed by atoms with Crippen molar-refractivity contribution in [3.63, 3.8) is 0 Å². The molecule has 0 bridgehead atoms. The molecule has 0 N–H and O–H groups in total. The number of thioether (sulfide) groups is 1. The summed E-state index contributed by atoms with van der Waals surface area (Å²) >= 11 is 1.65. The molecule has 1 unspecified atom stereocenters. The Morgan fingerprint density at radius 2 is 2.03 bits per heavy atom. The first-order chi connectivity index (χ1) is 15.8. The van der Waals surface area contributed by atoms with Gasteiger partial charge in [-0.15, -0.1) is 11.8 Å². The maximum Gasteiger partial charge on any atom is 0.223 e. The number of hydrogen-bond donors (Lipinski definition) is 0. The minimum Gasteiger partial charge on any atom is -0.491 e. The van der Waals surface area contributed by atoms with Crippen molar-refractivity contribution in [3.05, 3.63) is 78.2 Å². The molecule has 3 aromatic rings. The summed E-state index contributed by atoms with van der Waals surface area (Å²) in [5.41, 5.74) is 2.08. The van der Waals surface area contributed by atoms with Crippen molar-refractivity contribution in [1.29, 1.82) is 0 Å². The smallest absolute Gasteiger partial charge is 0.223 e. The van der Waals surface area contributed by atoms with E-state index in [4.69, 9.17) is 9.47 Å². The predicted octanol–water partition coefficient (Wildman–Crippen LogP) is 3.67. The van der Waals surface area contributed by atoms with Gasteiger partial charge in [0, 0.05) is 18.7 Å². The van der Waals surface area contributed by atoms with Crippen LogP contribution >= 0.6 is 11.8 Å². The number of morpholine rings is 1. The minimum atomic E-state index is -0.131. The van der Waals surface area contributed by atoms with Crippen LogP contribution in [-0.4, -0.2) is 63.7 Å². The van der Waals surface area contributed by atoms with E-state index in [-0.39, 0.29) is 12.0 Å². The van der Waals surface area contributed by atoms with Crippen LogP contribution in [0.5, 0.6) is 5.75 Å².